The van der Waals surface area contributed by atoms with E-state index < -0.39 is 34.3 Å². The minimum absolute atomic E-state index is 0.751. The highest BCUT2D eigenvalue weighted by molar-refractivity contribution is 7.90. The molecular formula is C5H9NO6S. The van der Waals surface area contributed by atoms with Gasteiger partial charge in [0.2, 0.25) is 10.0 Å². The van der Waals surface area contributed by atoms with E-state index in [9.17, 15) is 18.0 Å². The maximum atomic E-state index is 10.8. The molecule has 8 heteroatoms. The number of methoxy groups -OCH3 is 1. The van der Waals surface area contributed by atoms with Gasteiger partial charge in [0.25, 0.3) is 0 Å². The number of carbonyl (C=O) groups is 2. The van der Waals surface area contributed by atoms with E-state index in [2.05, 4.69) is 4.74 Å². The molecule has 0 spiro atoms. The first-order chi connectivity index (χ1) is 5.87. The van der Waals surface area contributed by atoms with Gasteiger partial charge in [-0.15, -0.1) is 0 Å². The number of aliphatic carboxylic acids is 1. The zero-order valence-electron chi connectivity index (χ0n) is 6.81. The molecule has 0 aromatic rings. The van der Waals surface area contributed by atoms with Gasteiger partial charge >= 0.3 is 11.9 Å². The second-order valence-electron chi connectivity index (χ2n) is 2.05. The molecule has 76 valence electrons. The van der Waals surface area contributed by atoms with E-state index in [1.54, 1.807) is 4.72 Å². The molecule has 0 amide bonds. The first-order valence-electron chi connectivity index (χ1n) is 3.13. The van der Waals surface area contributed by atoms with Crippen LogP contribution in [-0.4, -0.2) is 44.9 Å². The molecule has 0 aliphatic rings. The molecule has 0 aliphatic carbocycles. The highest BCUT2D eigenvalue weighted by Gasteiger charge is 2.17. The Balaban J connectivity index is 4.10. The fourth-order valence-corrected chi connectivity index (χ4v) is 1.31. The summed E-state index contributed by atoms with van der Waals surface area (Å²) >= 11 is 0. The smallest absolute Gasteiger partial charge is 0.322 e. The summed E-state index contributed by atoms with van der Waals surface area (Å²) in [6, 6.07) is 0. The van der Waals surface area contributed by atoms with Crippen molar-refractivity contribution < 1.29 is 27.9 Å². The number of hydrogen-bond acceptors (Lipinski definition) is 5. The van der Waals surface area contributed by atoms with Crippen LogP contribution in [0, 0.1) is 0 Å². The van der Waals surface area contributed by atoms with Gasteiger partial charge in [-0.25, -0.2) is 13.1 Å². The molecule has 0 heterocycles. The van der Waals surface area contributed by atoms with Gasteiger partial charge in [0, 0.05) is 0 Å². The molecule has 0 aromatic carbocycles. The lowest BCUT2D eigenvalue weighted by atomic mass is 10.7. The molecule has 0 aliphatic heterocycles. The predicted octanol–water partition coefficient (Wildman–Crippen LogP) is -1.84. The lowest BCUT2D eigenvalue weighted by Gasteiger charge is -2.01. The van der Waals surface area contributed by atoms with Gasteiger partial charge in [0.1, 0.15) is 6.54 Å². The van der Waals surface area contributed by atoms with Gasteiger partial charge in [-0.3, -0.25) is 9.59 Å². The van der Waals surface area contributed by atoms with E-state index in [1.807, 2.05) is 0 Å². The number of rotatable bonds is 5. The average molecular weight is 211 g/mol. The van der Waals surface area contributed by atoms with Gasteiger partial charge in [-0.1, -0.05) is 0 Å². The minimum atomic E-state index is -3.89. The average Bonchev–Trinajstić information content (AvgIpc) is 2.00. The van der Waals surface area contributed by atoms with Crippen LogP contribution in [-0.2, 0) is 24.3 Å². The zero-order valence-corrected chi connectivity index (χ0v) is 7.63. The van der Waals surface area contributed by atoms with E-state index in [0.717, 1.165) is 7.11 Å². The number of sulfonamides is 1. The molecule has 2 N–H and O–H groups in total. The molecule has 0 aromatic heterocycles. The van der Waals surface area contributed by atoms with Crippen LogP contribution in [0.15, 0.2) is 0 Å². The maximum absolute atomic E-state index is 10.8. The predicted molar refractivity (Wildman–Crippen MR) is 41.4 cm³/mol. The Kier molecular flexibility index (Phi) is 4.35. The normalized spacial score (nSPS) is 10.8. The minimum Gasteiger partial charge on any atom is -0.480 e. The molecule has 0 bridgehead atoms. The van der Waals surface area contributed by atoms with E-state index in [0.29, 0.717) is 0 Å². The van der Waals surface area contributed by atoms with Crippen LogP contribution in [0.3, 0.4) is 0 Å². The van der Waals surface area contributed by atoms with E-state index in [-0.39, 0.29) is 0 Å². The molecule has 13 heavy (non-hydrogen) atoms. The third kappa shape index (κ3) is 6.05. The van der Waals surface area contributed by atoms with Gasteiger partial charge in [0.05, 0.1) is 7.11 Å². The van der Waals surface area contributed by atoms with Crippen molar-refractivity contribution in [3.63, 3.8) is 0 Å². The van der Waals surface area contributed by atoms with E-state index >= 15 is 0 Å². The van der Waals surface area contributed by atoms with Crippen molar-refractivity contribution in [1.82, 2.24) is 4.72 Å². The molecule has 0 rings (SSSR count). The van der Waals surface area contributed by atoms with E-state index in [4.69, 9.17) is 5.11 Å². The van der Waals surface area contributed by atoms with Gasteiger partial charge < -0.3 is 9.84 Å². The fraction of sp³-hybridized carbons (Fsp3) is 0.600. The summed E-state index contributed by atoms with van der Waals surface area (Å²) in [7, 11) is -2.86. The monoisotopic (exact) mass is 211 g/mol. The van der Waals surface area contributed by atoms with Crippen molar-refractivity contribution in [2.75, 3.05) is 19.4 Å². The molecule has 7 nitrogen and oxygen atoms in total. The van der Waals surface area contributed by atoms with Crippen molar-refractivity contribution in [1.29, 1.82) is 0 Å². The number of hydrogen-bond donors (Lipinski definition) is 2. The summed E-state index contributed by atoms with van der Waals surface area (Å²) in [6.07, 6.45) is 0. The lowest BCUT2D eigenvalue weighted by molar-refractivity contribution is -0.138. The quantitative estimate of drug-likeness (QED) is 0.517. The Morgan fingerprint density at radius 2 is 2.00 bits per heavy atom. The summed E-state index contributed by atoms with van der Waals surface area (Å²) in [5.41, 5.74) is 0. The Morgan fingerprint density at radius 3 is 2.38 bits per heavy atom. The molecule has 0 radical (unpaired) electrons. The summed E-state index contributed by atoms with van der Waals surface area (Å²) in [4.78, 5) is 20.4. The van der Waals surface area contributed by atoms with Gasteiger partial charge in [-0.2, -0.15) is 0 Å². The van der Waals surface area contributed by atoms with Crippen LogP contribution < -0.4 is 4.72 Å². The molecular weight excluding hydrogens is 202 g/mol. The number of carboxylic acid groups (broad SMARTS) is 1. The van der Waals surface area contributed by atoms with Gasteiger partial charge in [0.15, 0.2) is 5.75 Å². The van der Waals surface area contributed by atoms with Crippen LogP contribution in [0.4, 0.5) is 0 Å². The van der Waals surface area contributed by atoms with Crippen molar-refractivity contribution in [3.05, 3.63) is 0 Å². The third-order valence-corrected chi connectivity index (χ3v) is 2.18. The van der Waals surface area contributed by atoms with Crippen LogP contribution in [0.5, 0.6) is 0 Å². The van der Waals surface area contributed by atoms with Crippen LogP contribution >= 0.6 is 0 Å². The van der Waals surface area contributed by atoms with E-state index in [1.165, 1.54) is 0 Å². The highest BCUT2D eigenvalue weighted by Crippen LogP contribution is 1.85. The SMILES string of the molecule is COC(=O)CS(=O)(=O)NCC(=O)O. The van der Waals surface area contributed by atoms with Crippen LogP contribution in [0.25, 0.3) is 0 Å². The zero-order chi connectivity index (χ0) is 10.5. The maximum Gasteiger partial charge on any atom is 0.322 e. The summed E-state index contributed by atoms with van der Waals surface area (Å²) in [5, 5.41) is 8.13. The molecule has 0 unspecified atom stereocenters. The second kappa shape index (κ2) is 4.77. The summed E-state index contributed by atoms with van der Waals surface area (Å²) in [5.74, 6) is -3.15. The van der Waals surface area contributed by atoms with Crippen molar-refractivity contribution in [2.45, 2.75) is 0 Å². The van der Waals surface area contributed by atoms with Gasteiger partial charge in [-0.05, 0) is 0 Å². The lowest BCUT2D eigenvalue weighted by Crippen LogP contribution is -2.34. The topological polar surface area (TPSA) is 110 Å². The fourth-order valence-electron chi connectivity index (χ4n) is 0.437. The van der Waals surface area contributed by atoms with Crippen LogP contribution in [0.1, 0.15) is 0 Å². The Morgan fingerprint density at radius 1 is 1.46 bits per heavy atom. The number of esters is 1. The van der Waals surface area contributed by atoms with Crippen molar-refractivity contribution >= 4 is 22.0 Å². The first-order valence-corrected chi connectivity index (χ1v) is 4.78. The number of ether oxygens (including phenoxy) is 1. The Hall–Kier alpha value is -1.15. The number of nitrogens with one attached hydrogen (secondary N) is 1. The largest absolute Gasteiger partial charge is 0.480 e. The molecule has 0 fully saturated rings. The number of carbonyl (C=O) groups excluding carboxylic acids is 1. The Bertz CT molecular complexity index is 294. The second-order valence-corrected chi connectivity index (χ2v) is 3.86. The van der Waals surface area contributed by atoms with Crippen LogP contribution in [0.2, 0.25) is 0 Å². The summed E-state index contributed by atoms with van der Waals surface area (Å²) in [6.45, 7) is -0.751. The Labute approximate surface area is 74.7 Å². The van der Waals surface area contributed by atoms with Crippen molar-refractivity contribution in [2.24, 2.45) is 0 Å². The summed E-state index contributed by atoms with van der Waals surface area (Å²) < 4.78 is 27.4. The first kappa shape index (κ1) is 11.8. The standard InChI is InChI=1S/C5H9NO6S/c1-12-5(9)3-13(10,11)6-2-4(7)8/h6H,2-3H2,1H3,(H,7,8). The molecule has 0 saturated carbocycles. The third-order valence-electron chi connectivity index (χ3n) is 0.979. The highest BCUT2D eigenvalue weighted by atomic mass is 32.2. The molecule has 0 saturated heterocycles. The number of carboxylic acids is 1. The van der Waals surface area contributed by atoms with Crippen molar-refractivity contribution in [3.8, 4) is 0 Å². The molecule has 0 atom stereocenters.